The van der Waals surface area contributed by atoms with E-state index in [2.05, 4.69) is 14.2 Å². The molecule has 16 heavy (non-hydrogen) atoms. The summed E-state index contributed by atoms with van der Waals surface area (Å²) in [5, 5.41) is 16.0. The van der Waals surface area contributed by atoms with Crippen LogP contribution in [0.15, 0.2) is 0 Å². The lowest BCUT2D eigenvalue weighted by Gasteiger charge is -1.97. The maximum absolute atomic E-state index is 9.80. The van der Waals surface area contributed by atoms with Crippen LogP contribution in [-0.4, -0.2) is 62.3 Å². The van der Waals surface area contributed by atoms with Crippen molar-refractivity contribution in [1.82, 2.24) is 0 Å². The first-order valence-corrected chi connectivity index (χ1v) is 4.62. The summed E-state index contributed by atoms with van der Waals surface area (Å²) in [5.74, 6) is -1.87. The van der Waals surface area contributed by atoms with E-state index >= 15 is 0 Å². The maximum Gasteiger partial charge on any atom is 0.329 e. The molecule has 0 aliphatic heterocycles. The number of carboxylic acid groups (broad SMARTS) is 2. The Labute approximate surface area is 93.9 Å². The lowest BCUT2D eigenvalue weighted by atomic mass is 10.7. The zero-order valence-electron chi connectivity index (χ0n) is 9.47. The van der Waals surface area contributed by atoms with Crippen LogP contribution in [-0.2, 0) is 23.8 Å². The lowest BCUT2D eigenvalue weighted by Crippen LogP contribution is -2.10. The van der Waals surface area contributed by atoms with Gasteiger partial charge in [0.15, 0.2) is 0 Å². The number of methoxy groups -OCH3 is 1. The van der Waals surface area contributed by atoms with Gasteiger partial charge in [0.25, 0.3) is 0 Å². The van der Waals surface area contributed by atoms with E-state index < -0.39 is 11.9 Å². The van der Waals surface area contributed by atoms with E-state index in [0.717, 1.165) is 0 Å². The monoisotopic (exact) mass is 238 g/mol. The first-order chi connectivity index (χ1) is 7.54. The Balaban J connectivity index is 0. The van der Waals surface area contributed by atoms with Gasteiger partial charge in [-0.15, -0.1) is 0 Å². The Morgan fingerprint density at radius 3 is 1.81 bits per heavy atom. The van der Waals surface area contributed by atoms with Crippen LogP contribution in [0.4, 0.5) is 0 Å². The third-order valence-electron chi connectivity index (χ3n) is 1.09. The summed E-state index contributed by atoms with van der Waals surface area (Å²) in [7, 11) is 1.53. The highest BCUT2D eigenvalue weighted by atomic mass is 16.5. The van der Waals surface area contributed by atoms with Crippen LogP contribution < -0.4 is 0 Å². The fourth-order valence-corrected chi connectivity index (χ4v) is 0.491. The van der Waals surface area contributed by atoms with Gasteiger partial charge in [0.05, 0.1) is 13.2 Å². The van der Waals surface area contributed by atoms with Crippen molar-refractivity contribution >= 4 is 11.9 Å². The highest BCUT2D eigenvalue weighted by molar-refractivity contribution is 5.68. The third kappa shape index (κ3) is 23.0. The minimum absolute atomic E-state index is 0.184. The molecule has 0 aliphatic rings. The van der Waals surface area contributed by atoms with Gasteiger partial charge < -0.3 is 24.4 Å². The van der Waals surface area contributed by atoms with Crippen molar-refractivity contribution in [2.75, 3.05) is 40.1 Å². The van der Waals surface area contributed by atoms with Crippen LogP contribution in [0.2, 0.25) is 0 Å². The zero-order valence-corrected chi connectivity index (χ0v) is 9.47. The quantitative estimate of drug-likeness (QED) is 0.566. The molecule has 0 fully saturated rings. The standard InChI is InChI=1S/C5H10O4.C4H8O3/c1-8-2-3-9-4-5(6)7;1-2-7-3-4(5)6/h2-4H2,1H3,(H,6,7);2-3H2,1H3,(H,5,6). The van der Waals surface area contributed by atoms with Crippen molar-refractivity contribution in [1.29, 1.82) is 0 Å². The summed E-state index contributed by atoms with van der Waals surface area (Å²) in [6.07, 6.45) is 0. The molecule has 2 N–H and O–H groups in total. The number of hydrogen-bond donors (Lipinski definition) is 2. The molecule has 0 rings (SSSR count). The van der Waals surface area contributed by atoms with Gasteiger partial charge in [0.1, 0.15) is 13.2 Å². The summed E-state index contributed by atoms with van der Waals surface area (Å²) >= 11 is 0. The molecular formula is C9H18O7. The van der Waals surface area contributed by atoms with Crippen molar-refractivity contribution in [3.05, 3.63) is 0 Å². The van der Waals surface area contributed by atoms with E-state index in [4.69, 9.17) is 10.2 Å². The number of ether oxygens (including phenoxy) is 3. The fraction of sp³-hybridized carbons (Fsp3) is 0.778. The number of rotatable bonds is 8. The number of carbonyl (C=O) groups is 2. The molecule has 7 nitrogen and oxygen atoms in total. The van der Waals surface area contributed by atoms with Crippen LogP contribution in [0.3, 0.4) is 0 Å². The van der Waals surface area contributed by atoms with E-state index in [1.54, 1.807) is 6.92 Å². The molecule has 7 heteroatoms. The van der Waals surface area contributed by atoms with E-state index in [1.165, 1.54) is 7.11 Å². The Hall–Kier alpha value is -1.18. The maximum atomic E-state index is 9.80. The van der Waals surface area contributed by atoms with Crippen molar-refractivity contribution < 1.29 is 34.0 Å². The van der Waals surface area contributed by atoms with E-state index in [-0.39, 0.29) is 13.2 Å². The third-order valence-corrected chi connectivity index (χ3v) is 1.09. The van der Waals surface area contributed by atoms with Crippen molar-refractivity contribution in [2.24, 2.45) is 0 Å². The summed E-state index contributed by atoms with van der Waals surface area (Å²) < 4.78 is 13.7. The molecule has 0 saturated heterocycles. The normalized spacial score (nSPS) is 9.12. The molecule has 0 aromatic heterocycles. The Morgan fingerprint density at radius 2 is 1.50 bits per heavy atom. The fourth-order valence-electron chi connectivity index (χ4n) is 0.491. The van der Waals surface area contributed by atoms with Crippen LogP contribution in [0.1, 0.15) is 6.92 Å². The van der Waals surface area contributed by atoms with Gasteiger partial charge in [-0.3, -0.25) is 0 Å². The smallest absolute Gasteiger partial charge is 0.329 e. The average molecular weight is 238 g/mol. The Morgan fingerprint density at radius 1 is 1.00 bits per heavy atom. The Bertz CT molecular complexity index is 181. The molecule has 0 aromatic carbocycles. The summed E-state index contributed by atoms with van der Waals surface area (Å²) in [6, 6.07) is 0. The second-order valence-corrected chi connectivity index (χ2v) is 2.47. The van der Waals surface area contributed by atoms with Crippen LogP contribution >= 0.6 is 0 Å². The molecule has 0 aromatic rings. The van der Waals surface area contributed by atoms with Gasteiger partial charge in [-0.25, -0.2) is 9.59 Å². The topological polar surface area (TPSA) is 102 Å². The predicted octanol–water partition coefficient (Wildman–Crippen LogP) is -0.158. The summed E-state index contributed by atoms with van der Waals surface area (Å²) in [6.45, 7) is 2.56. The summed E-state index contributed by atoms with van der Waals surface area (Å²) in [5.41, 5.74) is 0. The zero-order chi connectivity index (χ0) is 12.8. The molecule has 0 radical (unpaired) electrons. The van der Waals surface area contributed by atoms with Gasteiger partial charge in [-0.2, -0.15) is 0 Å². The minimum Gasteiger partial charge on any atom is -0.480 e. The molecule has 0 atom stereocenters. The molecule has 0 unspecified atom stereocenters. The predicted molar refractivity (Wildman–Crippen MR) is 54.5 cm³/mol. The molecule has 0 amide bonds. The molecule has 96 valence electrons. The first kappa shape index (κ1) is 17.2. The van der Waals surface area contributed by atoms with Crippen molar-refractivity contribution in [3.63, 3.8) is 0 Å². The van der Waals surface area contributed by atoms with E-state index in [1.807, 2.05) is 0 Å². The van der Waals surface area contributed by atoms with E-state index in [9.17, 15) is 9.59 Å². The second-order valence-electron chi connectivity index (χ2n) is 2.47. The van der Waals surface area contributed by atoms with Crippen LogP contribution in [0, 0.1) is 0 Å². The highest BCUT2D eigenvalue weighted by Crippen LogP contribution is 1.74. The number of aliphatic carboxylic acids is 2. The highest BCUT2D eigenvalue weighted by Gasteiger charge is 1.93. The molecule has 0 aliphatic carbocycles. The van der Waals surface area contributed by atoms with Crippen molar-refractivity contribution in [3.8, 4) is 0 Å². The first-order valence-electron chi connectivity index (χ1n) is 4.62. The van der Waals surface area contributed by atoms with Gasteiger partial charge in [0, 0.05) is 13.7 Å². The molecule has 0 bridgehead atoms. The average Bonchev–Trinajstić information content (AvgIpc) is 2.22. The molecule has 0 saturated carbocycles. The van der Waals surface area contributed by atoms with Crippen molar-refractivity contribution in [2.45, 2.75) is 6.92 Å². The lowest BCUT2D eigenvalue weighted by molar-refractivity contribution is -0.143. The SMILES string of the molecule is CCOCC(=O)O.COCCOCC(=O)O. The molecule has 0 spiro atoms. The van der Waals surface area contributed by atoms with Crippen LogP contribution in [0.5, 0.6) is 0 Å². The number of hydrogen-bond acceptors (Lipinski definition) is 5. The molecular weight excluding hydrogens is 220 g/mol. The Kier molecular flexibility index (Phi) is 14.9. The van der Waals surface area contributed by atoms with Gasteiger partial charge in [-0.1, -0.05) is 0 Å². The van der Waals surface area contributed by atoms with Gasteiger partial charge in [-0.05, 0) is 6.92 Å². The van der Waals surface area contributed by atoms with Gasteiger partial charge in [0.2, 0.25) is 0 Å². The largest absolute Gasteiger partial charge is 0.480 e. The second kappa shape index (κ2) is 13.8. The summed E-state index contributed by atoms with van der Waals surface area (Å²) in [4.78, 5) is 19.4. The number of carboxylic acids is 2. The van der Waals surface area contributed by atoms with Gasteiger partial charge >= 0.3 is 11.9 Å². The van der Waals surface area contributed by atoms with E-state index in [0.29, 0.717) is 19.8 Å². The minimum atomic E-state index is -0.953. The molecule has 0 heterocycles. The van der Waals surface area contributed by atoms with Crippen LogP contribution in [0.25, 0.3) is 0 Å².